The second-order valence-corrected chi connectivity index (χ2v) is 4.50. The fraction of sp³-hybridized carbons (Fsp3) is 0.0625. The van der Waals surface area contributed by atoms with Gasteiger partial charge < -0.3 is 9.84 Å². The molecule has 23 heavy (non-hydrogen) atoms. The van der Waals surface area contributed by atoms with Crippen molar-refractivity contribution in [1.82, 2.24) is 0 Å². The number of aromatic hydroxyl groups is 1. The van der Waals surface area contributed by atoms with Gasteiger partial charge >= 0.3 is 5.69 Å². The van der Waals surface area contributed by atoms with E-state index in [0.29, 0.717) is 0 Å². The molecule has 0 bridgehead atoms. The number of rotatable bonds is 4. The summed E-state index contributed by atoms with van der Waals surface area (Å²) in [5, 5.41) is 29.9. The minimum atomic E-state index is -0.773. The number of benzene rings is 2. The standard InChI is InChI=1S/C16H11FN2O4/c1-23-15-8-10(7-14(16(15)20)19(21)22)6-11(9-18)12-4-2-3-5-13(12)17/h2-8,20H,1H3. The average Bonchev–Trinajstić information content (AvgIpc) is 2.54. The number of phenolic OH excluding ortho intramolecular Hbond substituents is 1. The van der Waals surface area contributed by atoms with Gasteiger partial charge in [0.05, 0.1) is 23.7 Å². The maximum Gasteiger partial charge on any atom is 0.315 e. The summed E-state index contributed by atoms with van der Waals surface area (Å²) >= 11 is 0. The van der Waals surface area contributed by atoms with Crippen molar-refractivity contribution in [3.63, 3.8) is 0 Å². The molecule has 0 aliphatic heterocycles. The minimum absolute atomic E-state index is 0.00913. The molecule has 0 unspecified atom stereocenters. The monoisotopic (exact) mass is 314 g/mol. The number of nitrogens with zero attached hydrogens (tertiary/aromatic N) is 2. The lowest BCUT2D eigenvalue weighted by Gasteiger charge is -2.06. The van der Waals surface area contributed by atoms with Gasteiger partial charge in [-0.25, -0.2) is 4.39 Å². The number of nitriles is 1. The van der Waals surface area contributed by atoms with Crippen molar-refractivity contribution in [2.24, 2.45) is 0 Å². The van der Waals surface area contributed by atoms with E-state index in [4.69, 9.17) is 4.74 Å². The predicted molar refractivity (Wildman–Crippen MR) is 81.2 cm³/mol. The van der Waals surface area contributed by atoms with Crippen LogP contribution in [0.1, 0.15) is 11.1 Å². The zero-order valence-electron chi connectivity index (χ0n) is 12.0. The van der Waals surface area contributed by atoms with Crippen LogP contribution >= 0.6 is 0 Å². The van der Waals surface area contributed by atoms with Gasteiger partial charge in [0.2, 0.25) is 5.75 Å². The van der Waals surface area contributed by atoms with Crippen LogP contribution in [0.2, 0.25) is 0 Å². The Hall–Kier alpha value is -3.40. The van der Waals surface area contributed by atoms with Crippen LogP contribution in [-0.2, 0) is 0 Å². The lowest BCUT2D eigenvalue weighted by molar-refractivity contribution is -0.386. The Morgan fingerprint density at radius 2 is 2.13 bits per heavy atom. The van der Waals surface area contributed by atoms with Crippen LogP contribution in [-0.4, -0.2) is 17.1 Å². The topological polar surface area (TPSA) is 96.4 Å². The molecular weight excluding hydrogens is 303 g/mol. The molecular formula is C16H11FN2O4. The zero-order valence-corrected chi connectivity index (χ0v) is 12.0. The van der Waals surface area contributed by atoms with E-state index in [-0.39, 0.29) is 22.4 Å². The Bertz CT molecular complexity index is 840. The summed E-state index contributed by atoms with van der Waals surface area (Å²) < 4.78 is 18.7. The summed E-state index contributed by atoms with van der Waals surface area (Å²) in [4.78, 5) is 10.2. The Morgan fingerprint density at radius 3 is 2.70 bits per heavy atom. The third-order valence-corrected chi connectivity index (χ3v) is 3.09. The summed E-state index contributed by atoms with van der Waals surface area (Å²) in [6, 6.07) is 9.95. The molecule has 0 atom stereocenters. The quantitative estimate of drug-likeness (QED) is 0.403. The van der Waals surface area contributed by atoms with E-state index in [2.05, 4.69) is 0 Å². The van der Waals surface area contributed by atoms with Crippen molar-refractivity contribution >= 4 is 17.3 Å². The molecule has 0 aliphatic rings. The van der Waals surface area contributed by atoms with Crippen LogP contribution in [0.3, 0.4) is 0 Å². The second-order valence-electron chi connectivity index (χ2n) is 4.50. The highest BCUT2D eigenvalue weighted by molar-refractivity contribution is 5.90. The number of nitro benzene ring substituents is 1. The zero-order chi connectivity index (χ0) is 17.0. The lowest BCUT2D eigenvalue weighted by atomic mass is 10.0. The number of allylic oxidation sites excluding steroid dienone is 1. The summed E-state index contributed by atoms with van der Waals surface area (Å²) in [6.45, 7) is 0. The number of ether oxygens (including phenoxy) is 1. The van der Waals surface area contributed by atoms with E-state index in [0.717, 1.165) is 6.07 Å². The smallest absolute Gasteiger partial charge is 0.315 e. The van der Waals surface area contributed by atoms with E-state index in [1.54, 1.807) is 6.07 Å². The molecule has 7 heteroatoms. The van der Waals surface area contributed by atoms with Gasteiger partial charge in [-0.2, -0.15) is 5.26 Å². The van der Waals surface area contributed by atoms with Gasteiger partial charge in [-0.05, 0) is 23.8 Å². The Labute approximate surface area is 130 Å². The van der Waals surface area contributed by atoms with Gasteiger partial charge in [0.1, 0.15) is 5.82 Å². The fourth-order valence-electron chi connectivity index (χ4n) is 2.01. The number of phenols is 1. The number of hydrogen-bond acceptors (Lipinski definition) is 5. The van der Waals surface area contributed by atoms with Gasteiger partial charge in [0.25, 0.3) is 0 Å². The summed E-state index contributed by atoms with van der Waals surface area (Å²) in [6.07, 6.45) is 1.29. The van der Waals surface area contributed by atoms with Crippen molar-refractivity contribution in [2.75, 3.05) is 7.11 Å². The van der Waals surface area contributed by atoms with Crippen LogP contribution < -0.4 is 4.74 Å². The van der Waals surface area contributed by atoms with E-state index < -0.39 is 22.2 Å². The van der Waals surface area contributed by atoms with Gasteiger partial charge in [-0.15, -0.1) is 0 Å². The molecule has 1 N–H and O–H groups in total. The van der Waals surface area contributed by atoms with Crippen LogP contribution in [0, 0.1) is 27.3 Å². The Kier molecular flexibility index (Phi) is 4.57. The van der Waals surface area contributed by atoms with Gasteiger partial charge in [-0.3, -0.25) is 10.1 Å². The molecule has 0 spiro atoms. The molecule has 0 aliphatic carbocycles. The molecule has 2 aromatic rings. The number of hydrogen-bond donors (Lipinski definition) is 1. The minimum Gasteiger partial charge on any atom is -0.500 e. The highest BCUT2D eigenvalue weighted by atomic mass is 19.1. The van der Waals surface area contributed by atoms with E-state index in [9.17, 15) is 24.9 Å². The number of nitro groups is 1. The maximum absolute atomic E-state index is 13.8. The normalized spacial score (nSPS) is 10.9. The first-order chi connectivity index (χ1) is 11.0. The average molecular weight is 314 g/mol. The summed E-state index contributed by atoms with van der Waals surface area (Å²) in [5.74, 6) is -1.31. The molecule has 0 heterocycles. The SMILES string of the molecule is COc1cc(C=C(C#N)c2ccccc2F)cc([N+](=O)[O-])c1O. The molecule has 2 aromatic carbocycles. The largest absolute Gasteiger partial charge is 0.500 e. The highest BCUT2D eigenvalue weighted by Gasteiger charge is 2.19. The Balaban J connectivity index is 2.61. The fourth-order valence-corrected chi connectivity index (χ4v) is 2.01. The van der Waals surface area contributed by atoms with E-state index in [1.807, 2.05) is 6.07 Å². The number of methoxy groups -OCH3 is 1. The maximum atomic E-state index is 13.8. The van der Waals surface area contributed by atoms with Crippen LogP contribution in [0.4, 0.5) is 10.1 Å². The van der Waals surface area contributed by atoms with E-state index >= 15 is 0 Å². The first-order valence-electron chi connectivity index (χ1n) is 6.40. The molecule has 0 aromatic heterocycles. The second kappa shape index (κ2) is 6.58. The molecule has 2 rings (SSSR count). The molecule has 0 amide bonds. The lowest BCUT2D eigenvalue weighted by Crippen LogP contribution is -1.94. The number of halogens is 1. The summed E-state index contributed by atoms with van der Waals surface area (Å²) in [7, 11) is 1.24. The van der Waals surface area contributed by atoms with Crippen molar-refractivity contribution in [2.45, 2.75) is 0 Å². The Morgan fingerprint density at radius 1 is 1.43 bits per heavy atom. The van der Waals surface area contributed by atoms with Gasteiger partial charge in [0.15, 0.2) is 5.75 Å². The molecule has 6 nitrogen and oxygen atoms in total. The molecule has 0 radical (unpaired) electrons. The molecule has 0 saturated heterocycles. The van der Waals surface area contributed by atoms with Crippen molar-refractivity contribution < 1.29 is 19.2 Å². The molecule has 0 saturated carbocycles. The highest BCUT2D eigenvalue weighted by Crippen LogP contribution is 2.37. The van der Waals surface area contributed by atoms with Crippen LogP contribution in [0.5, 0.6) is 11.5 Å². The third kappa shape index (κ3) is 3.27. The molecule has 0 fully saturated rings. The van der Waals surface area contributed by atoms with Crippen molar-refractivity contribution in [3.05, 3.63) is 63.5 Å². The van der Waals surface area contributed by atoms with Crippen LogP contribution in [0.15, 0.2) is 36.4 Å². The van der Waals surface area contributed by atoms with Crippen LogP contribution in [0.25, 0.3) is 11.6 Å². The predicted octanol–water partition coefficient (Wildman–Crippen LogP) is 3.51. The summed E-state index contributed by atoms with van der Waals surface area (Å²) in [5.41, 5.74) is -0.276. The van der Waals surface area contributed by atoms with Crippen molar-refractivity contribution in [1.29, 1.82) is 5.26 Å². The van der Waals surface area contributed by atoms with Gasteiger partial charge in [0, 0.05) is 11.6 Å². The first kappa shape index (κ1) is 16.0. The molecule has 116 valence electrons. The van der Waals surface area contributed by atoms with Crippen molar-refractivity contribution in [3.8, 4) is 17.6 Å². The van der Waals surface area contributed by atoms with Gasteiger partial charge in [-0.1, -0.05) is 18.2 Å². The van der Waals surface area contributed by atoms with E-state index in [1.165, 1.54) is 37.5 Å². The third-order valence-electron chi connectivity index (χ3n) is 3.09. The first-order valence-corrected chi connectivity index (χ1v) is 6.40.